The summed E-state index contributed by atoms with van der Waals surface area (Å²) in [6.45, 7) is 5.39. The van der Waals surface area contributed by atoms with Crippen molar-refractivity contribution in [1.29, 1.82) is 0 Å². The molecule has 0 unspecified atom stereocenters. The number of hydrogen-bond acceptors (Lipinski definition) is 8. The van der Waals surface area contributed by atoms with Crippen molar-refractivity contribution in [3.63, 3.8) is 0 Å². The van der Waals surface area contributed by atoms with Crippen molar-refractivity contribution >= 4 is 29.3 Å². The maximum absolute atomic E-state index is 13.0. The number of para-hydroxylation sites is 1. The number of amides is 1. The van der Waals surface area contributed by atoms with Crippen molar-refractivity contribution in [2.75, 3.05) is 55.9 Å². The van der Waals surface area contributed by atoms with Crippen LogP contribution in [0.3, 0.4) is 0 Å². The zero-order valence-electron chi connectivity index (χ0n) is 19.7. The van der Waals surface area contributed by atoms with Gasteiger partial charge in [0.15, 0.2) is 0 Å². The highest BCUT2D eigenvalue weighted by atomic mass is 32.2. The molecule has 0 atom stereocenters. The lowest BCUT2D eigenvalue weighted by molar-refractivity contribution is -0.113. The quantitative estimate of drug-likeness (QED) is 0.361. The molecule has 10 heteroatoms. The summed E-state index contributed by atoms with van der Waals surface area (Å²) in [7, 11) is 2.09. The Labute approximate surface area is 203 Å². The molecule has 1 N–H and O–H groups in total. The van der Waals surface area contributed by atoms with E-state index in [1.54, 1.807) is 35.9 Å². The summed E-state index contributed by atoms with van der Waals surface area (Å²) in [5, 5.41) is 5.54. The van der Waals surface area contributed by atoms with Gasteiger partial charge in [-0.3, -0.25) is 4.79 Å². The van der Waals surface area contributed by atoms with Crippen molar-refractivity contribution in [2.24, 2.45) is 0 Å². The maximum atomic E-state index is 13.0. The van der Waals surface area contributed by atoms with Crippen molar-refractivity contribution in [3.05, 3.63) is 51.6 Å². The van der Waals surface area contributed by atoms with Crippen LogP contribution in [0.2, 0.25) is 0 Å². The number of rotatable bonds is 7. The van der Waals surface area contributed by atoms with Crippen molar-refractivity contribution < 1.29 is 14.3 Å². The van der Waals surface area contributed by atoms with Crippen LogP contribution in [-0.2, 0) is 22.4 Å². The molecule has 34 heavy (non-hydrogen) atoms. The fourth-order valence-electron chi connectivity index (χ4n) is 4.38. The zero-order chi connectivity index (χ0) is 24.1. The molecule has 1 aliphatic carbocycles. The highest BCUT2D eigenvalue weighted by Gasteiger charge is 2.25. The van der Waals surface area contributed by atoms with Gasteiger partial charge in [-0.15, -0.1) is 0 Å². The predicted octanol–water partition coefficient (Wildman–Crippen LogP) is 1.91. The molecule has 1 amide bonds. The van der Waals surface area contributed by atoms with Gasteiger partial charge >= 0.3 is 11.7 Å². The second-order valence-corrected chi connectivity index (χ2v) is 9.47. The largest absolute Gasteiger partial charge is 0.462 e. The molecular weight excluding hydrogens is 454 g/mol. The van der Waals surface area contributed by atoms with Crippen LogP contribution in [0.1, 0.15) is 41.4 Å². The minimum atomic E-state index is -0.477. The molecule has 0 spiro atoms. The normalized spacial score (nSPS) is 16.1. The third-order valence-corrected chi connectivity index (χ3v) is 7.15. The van der Waals surface area contributed by atoms with E-state index in [9.17, 15) is 14.4 Å². The number of benzene rings is 1. The number of aromatic nitrogens is 2. The van der Waals surface area contributed by atoms with Gasteiger partial charge in [0.2, 0.25) is 5.91 Å². The van der Waals surface area contributed by atoms with Crippen LogP contribution >= 0.6 is 11.8 Å². The molecular formula is C24H31N5O4S. The van der Waals surface area contributed by atoms with Gasteiger partial charge < -0.3 is 20.0 Å². The Bertz CT molecular complexity index is 1110. The minimum absolute atomic E-state index is 0.0918. The number of nitrogens with one attached hydrogen (secondary N) is 1. The lowest BCUT2D eigenvalue weighted by Gasteiger charge is -2.37. The van der Waals surface area contributed by atoms with Crippen LogP contribution in [0, 0.1) is 0 Å². The van der Waals surface area contributed by atoms with Gasteiger partial charge in [0.05, 0.1) is 29.3 Å². The molecule has 1 aliphatic heterocycles. The first kappa shape index (κ1) is 24.3. The lowest BCUT2D eigenvalue weighted by atomic mass is 9.97. The number of fused-ring (bicyclic) bond motifs is 1. The number of carbonyl (C=O) groups excluding carboxylic acids is 2. The number of anilines is 1. The summed E-state index contributed by atoms with van der Waals surface area (Å²) in [6, 6.07) is 6.77. The summed E-state index contributed by atoms with van der Waals surface area (Å²) in [5.41, 5.74) is 2.56. The van der Waals surface area contributed by atoms with E-state index in [2.05, 4.69) is 27.3 Å². The lowest BCUT2D eigenvalue weighted by Crippen LogP contribution is -2.54. The Morgan fingerprint density at radius 3 is 2.62 bits per heavy atom. The zero-order valence-corrected chi connectivity index (χ0v) is 20.5. The summed E-state index contributed by atoms with van der Waals surface area (Å²) in [6.07, 6.45) is 3.78. The molecule has 1 aromatic carbocycles. The van der Waals surface area contributed by atoms with E-state index in [4.69, 9.17) is 4.74 Å². The Morgan fingerprint density at radius 1 is 1.12 bits per heavy atom. The van der Waals surface area contributed by atoms with E-state index in [1.807, 2.05) is 0 Å². The molecule has 0 saturated carbocycles. The summed E-state index contributed by atoms with van der Waals surface area (Å²) in [4.78, 5) is 44.6. The van der Waals surface area contributed by atoms with Crippen molar-refractivity contribution in [2.45, 2.75) is 37.6 Å². The van der Waals surface area contributed by atoms with E-state index >= 15 is 0 Å². The molecule has 2 heterocycles. The van der Waals surface area contributed by atoms with Crippen molar-refractivity contribution in [1.82, 2.24) is 14.6 Å². The van der Waals surface area contributed by atoms with Gasteiger partial charge in [-0.1, -0.05) is 23.9 Å². The van der Waals surface area contributed by atoms with Crippen LogP contribution in [0.4, 0.5) is 5.69 Å². The Morgan fingerprint density at radius 2 is 1.85 bits per heavy atom. The Kier molecular flexibility index (Phi) is 7.89. The average Bonchev–Trinajstić information content (AvgIpc) is 2.84. The van der Waals surface area contributed by atoms with Gasteiger partial charge in [0.25, 0.3) is 0 Å². The fourth-order valence-corrected chi connectivity index (χ4v) is 5.25. The van der Waals surface area contributed by atoms with Gasteiger partial charge in [-0.2, -0.15) is 4.98 Å². The van der Waals surface area contributed by atoms with Crippen LogP contribution in [0.25, 0.3) is 0 Å². The van der Waals surface area contributed by atoms with Crippen LogP contribution < -0.4 is 16.0 Å². The average molecular weight is 486 g/mol. The summed E-state index contributed by atoms with van der Waals surface area (Å²) in [5.74, 6) is -0.653. The topological polar surface area (TPSA) is 96.8 Å². The number of thioether (sulfide) groups is 1. The maximum Gasteiger partial charge on any atom is 0.367 e. The van der Waals surface area contributed by atoms with Gasteiger partial charge in [-0.25, -0.2) is 14.3 Å². The van der Waals surface area contributed by atoms with Crippen molar-refractivity contribution in [3.8, 4) is 0 Å². The first-order valence-electron chi connectivity index (χ1n) is 11.7. The Hall–Kier alpha value is -2.85. The van der Waals surface area contributed by atoms with E-state index in [-0.39, 0.29) is 24.0 Å². The fraction of sp³-hybridized carbons (Fsp3) is 0.500. The molecule has 4 rings (SSSR count). The number of hydrogen-bond donors (Lipinski definition) is 1. The number of esters is 1. The first-order valence-corrected chi connectivity index (χ1v) is 12.7. The third kappa shape index (κ3) is 5.44. The molecule has 0 bridgehead atoms. The molecule has 1 fully saturated rings. The van der Waals surface area contributed by atoms with Crippen LogP contribution in [0.15, 0.2) is 34.1 Å². The molecule has 1 aromatic heterocycles. The van der Waals surface area contributed by atoms with E-state index in [0.29, 0.717) is 16.3 Å². The molecule has 2 aliphatic rings. The van der Waals surface area contributed by atoms with E-state index < -0.39 is 5.97 Å². The molecule has 2 aromatic rings. The third-order valence-electron chi connectivity index (χ3n) is 6.13. The Balaban J connectivity index is 1.50. The van der Waals surface area contributed by atoms with Crippen LogP contribution in [-0.4, -0.2) is 72.0 Å². The number of nitrogens with zero attached hydrogens (tertiary/aromatic N) is 4. The SMILES string of the molecule is CCOC(=O)c1ccccc1NC(=O)CSc1nc(=O)n(N2CCN(C)CC2)c2c1CCCC2. The highest BCUT2D eigenvalue weighted by Crippen LogP contribution is 2.29. The van der Waals surface area contributed by atoms with E-state index in [1.165, 1.54) is 11.8 Å². The highest BCUT2D eigenvalue weighted by molar-refractivity contribution is 8.00. The predicted molar refractivity (Wildman–Crippen MR) is 132 cm³/mol. The van der Waals surface area contributed by atoms with Gasteiger partial charge in [0, 0.05) is 31.7 Å². The molecule has 0 radical (unpaired) electrons. The monoisotopic (exact) mass is 485 g/mol. The number of likely N-dealkylation sites (N-methyl/N-ethyl adjacent to an activating group) is 1. The first-order chi connectivity index (χ1) is 16.5. The molecule has 1 saturated heterocycles. The second kappa shape index (κ2) is 11.1. The second-order valence-electron chi connectivity index (χ2n) is 8.50. The van der Waals surface area contributed by atoms with Crippen LogP contribution in [0.5, 0.6) is 0 Å². The van der Waals surface area contributed by atoms with Gasteiger partial charge in [0.1, 0.15) is 5.03 Å². The number of carbonyl (C=O) groups is 2. The standard InChI is InChI=1S/C24H31N5O4S/c1-3-33-23(31)17-8-4-6-10-19(17)25-21(30)16-34-22-18-9-5-7-11-20(18)29(24(32)26-22)28-14-12-27(2)13-15-28/h4,6,8,10H,3,5,7,9,11-16H2,1-2H3,(H,25,30). The van der Waals surface area contributed by atoms with Gasteiger partial charge in [-0.05, 0) is 51.8 Å². The smallest absolute Gasteiger partial charge is 0.367 e. The molecule has 9 nitrogen and oxygen atoms in total. The summed E-state index contributed by atoms with van der Waals surface area (Å²) < 4.78 is 6.85. The summed E-state index contributed by atoms with van der Waals surface area (Å²) >= 11 is 1.28. The van der Waals surface area contributed by atoms with E-state index in [0.717, 1.165) is 63.1 Å². The number of piperazine rings is 1. The minimum Gasteiger partial charge on any atom is -0.462 e. The number of ether oxygens (including phenoxy) is 1. The molecule has 182 valence electrons.